The van der Waals surface area contributed by atoms with Gasteiger partial charge in [0, 0.05) is 18.5 Å². The molecule has 1 aromatic carbocycles. The van der Waals surface area contributed by atoms with Crippen LogP contribution in [0.15, 0.2) is 28.7 Å². The number of nitrogens with one attached hydrogen (secondary N) is 2. The summed E-state index contributed by atoms with van der Waals surface area (Å²) >= 11 is 0. The number of rotatable bonds is 4. The Morgan fingerprint density at radius 2 is 1.93 bits per heavy atom. The van der Waals surface area contributed by atoms with E-state index in [-0.39, 0.29) is 30.4 Å². The number of piperidine rings is 1. The number of para-hydroxylation sites is 2. The molecule has 28 heavy (non-hydrogen) atoms. The molecular weight excluding hydrogens is 356 g/mol. The number of amides is 3. The highest BCUT2D eigenvalue weighted by atomic mass is 16.3. The summed E-state index contributed by atoms with van der Waals surface area (Å²) in [5.74, 6) is 0.651. The molecule has 1 unspecified atom stereocenters. The highest BCUT2D eigenvalue weighted by Gasteiger charge is 2.27. The first kappa shape index (κ1) is 18.9. The summed E-state index contributed by atoms with van der Waals surface area (Å²) in [6, 6.07) is 7.58. The van der Waals surface area contributed by atoms with E-state index in [1.165, 1.54) is 6.42 Å². The number of likely N-dealkylation sites (tertiary alicyclic amines) is 1. The van der Waals surface area contributed by atoms with Crippen LogP contribution in [0.25, 0.3) is 11.1 Å². The van der Waals surface area contributed by atoms with E-state index in [9.17, 15) is 9.59 Å². The number of carbonyl (C=O) groups is 2. The van der Waals surface area contributed by atoms with Crippen LogP contribution in [-0.4, -0.2) is 47.5 Å². The fourth-order valence-electron chi connectivity index (χ4n) is 4.30. The van der Waals surface area contributed by atoms with Crippen molar-refractivity contribution in [2.75, 3.05) is 19.6 Å². The zero-order chi connectivity index (χ0) is 19.3. The van der Waals surface area contributed by atoms with E-state index in [0.717, 1.165) is 62.1 Å². The van der Waals surface area contributed by atoms with Crippen LogP contribution in [0, 0.1) is 0 Å². The van der Waals surface area contributed by atoms with Gasteiger partial charge < -0.3 is 9.73 Å². The molecule has 1 saturated heterocycles. The van der Waals surface area contributed by atoms with Gasteiger partial charge in [-0.05, 0) is 44.4 Å². The maximum atomic E-state index is 12.3. The standard InChI is InChI=1S/C21H28N4O3/c26-19(24-21(27)22-16-8-2-1-3-9-16)14-25-12-6-7-15(13-25)20-23-17-10-4-5-11-18(17)28-20/h4-5,10-11,15-16H,1-3,6-9,12-14H2,(H2,22,24,26,27). The molecule has 1 atom stereocenters. The van der Waals surface area contributed by atoms with Gasteiger partial charge in [-0.15, -0.1) is 0 Å². The van der Waals surface area contributed by atoms with Gasteiger partial charge in [0.05, 0.1) is 6.54 Å². The maximum absolute atomic E-state index is 12.3. The molecule has 0 spiro atoms. The van der Waals surface area contributed by atoms with Crippen LogP contribution >= 0.6 is 0 Å². The van der Waals surface area contributed by atoms with E-state index < -0.39 is 0 Å². The van der Waals surface area contributed by atoms with Crippen molar-refractivity contribution in [2.45, 2.75) is 56.9 Å². The van der Waals surface area contributed by atoms with Crippen LogP contribution in [0.3, 0.4) is 0 Å². The third kappa shape index (κ3) is 4.70. The quantitative estimate of drug-likeness (QED) is 0.845. The van der Waals surface area contributed by atoms with Gasteiger partial charge in [-0.3, -0.25) is 15.0 Å². The van der Waals surface area contributed by atoms with Crippen LogP contribution < -0.4 is 10.6 Å². The number of oxazole rings is 1. The zero-order valence-corrected chi connectivity index (χ0v) is 16.2. The summed E-state index contributed by atoms with van der Waals surface area (Å²) in [7, 11) is 0. The Kier molecular flexibility index (Phi) is 5.90. The van der Waals surface area contributed by atoms with Crippen LogP contribution in [0.4, 0.5) is 4.79 Å². The number of fused-ring (bicyclic) bond motifs is 1. The summed E-state index contributed by atoms with van der Waals surface area (Å²) in [4.78, 5) is 31.0. The molecule has 2 heterocycles. The van der Waals surface area contributed by atoms with Gasteiger partial charge >= 0.3 is 6.03 Å². The number of imide groups is 1. The van der Waals surface area contributed by atoms with Crippen LogP contribution in [0.5, 0.6) is 0 Å². The summed E-state index contributed by atoms with van der Waals surface area (Å²) in [6.45, 7) is 1.77. The molecule has 2 aliphatic rings. The van der Waals surface area contributed by atoms with Gasteiger partial charge in [0.25, 0.3) is 0 Å². The lowest BCUT2D eigenvalue weighted by atomic mass is 9.96. The van der Waals surface area contributed by atoms with Crippen molar-refractivity contribution < 1.29 is 14.0 Å². The number of aromatic nitrogens is 1. The first-order valence-corrected chi connectivity index (χ1v) is 10.4. The largest absolute Gasteiger partial charge is 0.440 e. The van der Waals surface area contributed by atoms with Crippen LogP contribution in [0.2, 0.25) is 0 Å². The molecule has 2 aromatic rings. The molecule has 1 aliphatic carbocycles. The Balaban J connectivity index is 1.28. The van der Waals surface area contributed by atoms with Crippen LogP contribution in [0.1, 0.15) is 56.8 Å². The number of urea groups is 1. The predicted molar refractivity (Wildman–Crippen MR) is 106 cm³/mol. The summed E-state index contributed by atoms with van der Waals surface area (Å²) in [5, 5.41) is 5.40. The third-order valence-corrected chi connectivity index (χ3v) is 5.73. The fourth-order valence-corrected chi connectivity index (χ4v) is 4.30. The average Bonchev–Trinajstić information content (AvgIpc) is 3.13. The van der Waals surface area contributed by atoms with Gasteiger partial charge in [-0.25, -0.2) is 9.78 Å². The molecular formula is C21H28N4O3. The highest BCUT2D eigenvalue weighted by molar-refractivity contribution is 5.95. The van der Waals surface area contributed by atoms with E-state index in [4.69, 9.17) is 4.42 Å². The Hall–Kier alpha value is -2.41. The molecule has 0 radical (unpaired) electrons. The highest BCUT2D eigenvalue weighted by Crippen LogP contribution is 2.28. The fraction of sp³-hybridized carbons (Fsp3) is 0.571. The van der Waals surface area contributed by atoms with Gasteiger partial charge in [0.2, 0.25) is 5.91 Å². The van der Waals surface area contributed by atoms with Crippen molar-refractivity contribution in [2.24, 2.45) is 0 Å². The molecule has 7 heteroatoms. The van der Waals surface area contributed by atoms with Crippen molar-refractivity contribution in [3.63, 3.8) is 0 Å². The van der Waals surface area contributed by atoms with E-state index in [0.29, 0.717) is 6.54 Å². The summed E-state index contributed by atoms with van der Waals surface area (Å²) in [5.41, 5.74) is 1.67. The number of hydrogen-bond donors (Lipinski definition) is 2. The second-order valence-electron chi connectivity index (χ2n) is 7.95. The SMILES string of the molecule is O=C(CN1CCCC(c2nc3ccccc3o2)C1)NC(=O)NC1CCCCC1. The summed E-state index contributed by atoms with van der Waals surface area (Å²) < 4.78 is 5.91. The first-order chi connectivity index (χ1) is 13.7. The number of nitrogens with zero attached hydrogens (tertiary/aromatic N) is 2. The number of hydrogen-bond acceptors (Lipinski definition) is 5. The molecule has 150 valence electrons. The Labute approximate surface area is 164 Å². The topological polar surface area (TPSA) is 87.5 Å². The zero-order valence-electron chi connectivity index (χ0n) is 16.2. The monoisotopic (exact) mass is 384 g/mol. The van der Waals surface area contributed by atoms with Gasteiger partial charge in [0.1, 0.15) is 5.52 Å². The molecule has 2 fully saturated rings. The Morgan fingerprint density at radius 3 is 2.75 bits per heavy atom. The lowest BCUT2D eigenvalue weighted by Crippen LogP contribution is -2.49. The second-order valence-corrected chi connectivity index (χ2v) is 7.95. The second kappa shape index (κ2) is 8.73. The minimum atomic E-state index is -0.371. The molecule has 1 saturated carbocycles. The van der Waals surface area contributed by atoms with Crippen molar-refractivity contribution in [3.8, 4) is 0 Å². The van der Waals surface area contributed by atoms with E-state index in [1.54, 1.807) is 0 Å². The van der Waals surface area contributed by atoms with E-state index >= 15 is 0 Å². The van der Waals surface area contributed by atoms with Crippen molar-refractivity contribution in [1.29, 1.82) is 0 Å². The van der Waals surface area contributed by atoms with Gasteiger partial charge in [-0.2, -0.15) is 0 Å². The number of benzene rings is 1. The molecule has 1 aliphatic heterocycles. The summed E-state index contributed by atoms with van der Waals surface area (Å²) in [6.07, 6.45) is 7.49. The van der Waals surface area contributed by atoms with Gasteiger partial charge in [0.15, 0.2) is 11.5 Å². The molecule has 4 rings (SSSR count). The predicted octanol–water partition coefficient (Wildman–Crippen LogP) is 3.17. The van der Waals surface area contributed by atoms with Gasteiger partial charge in [-0.1, -0.05) is 31.4 Å². The van der Waals surface area contributed by atoms with E-state index in [1.807, 2.05) is 24.3 Å². The van der Waals surface area contributed by atoms with Crippen molar-refractivity contribution in [3.05, 3.63) is 30.2 Å². The smallest absolute Gasteiger partial charge is 0.321 e. The Morgan fingerprint density at radius 1 is 1.11 bits per heavy atom. The lowest BCUT2D eigenvalue weighted by Gasteiger charge is -2.30. The number of carbonyl (C=O) groups excluding carboxylic acids is 2. The lowest BCUT2D eigenvalue weighted by molar-refractivity contribution is -0.121. The van der Waals surface area contributed by atoms with Crippen LogP contribution in [-0.2, 0) is 4.79 Å². The average molecular weight is 384 g/mol. The Bertz CT molecular complexity index is 795. The van der Waals surface area contributed by atoms with Crippen molar-refractivity contribution in [1.82, 2.24) is 20.5 Å². The van der Waals surface area contributed by atoms with E-state index in [2.05, 4.69) is 20.5 Å². The third-order valence-electron chi connectivity index (χ3n) is 5.73. The maximum Gasteiger partial charge on any atom is 0.321 e. The molecule has 3 amide bonds. The molecule has 7 nitrogen and oxygen atoms in total. The van der Waals surface area contributed by atoms with Crippen molar-refractivity contribution >= 4 is 23.0 Å². The first-order valence-electron chi connectivity index (χ1n) is 10.4. The molecule has 0 bridgehead atoms. The molecule has 1 aromatic heterocycles. The normalized spacial score (nSPS) is 21.5. The minimum absolute atomic E-state index is 0.171. The molecule has 2 N–H and O–H groups in total. The minimum Gasteiger partial charge on any atom is -0.440 e.